The lowest BCUT2D eigenvalue weighted by atomic mass is 10.1. The van der Waals surface area contributed by atoms with Gasteiger partial charge in [0, 0.05) is 6.08 Å². The molecule has 0 amide bonds. The zero-order valence-electron chi connectivity index (χ0n) is 16.9. The highest BCUT2D eigenvalue weighted by Gasteiger charge is 2.18. The van der Waals surface area contributed by atoms with Crippen molar-refractivity contribution in [2.75, 3.05) is 34.5 Å². The zero-order chi connectivity index (χ0) is 20.8. The maximum absolute atomic E-state index is 12.2. The van der Waals surface area contributed by atoms with Gasteiger partial charge in [-0.05, 0) is 54.0 Å². The number of esters is 1. The normalized spacial score (nSPS) is 12.6. The Morgan fingerprint density at radius 2 is 1.66 bits per heavy atom. The highest BCUT2D eigenvalue weighted by atomic mass is 16.6. The van der Waals surface area contributed by atoms with Crippen molar-refractivity contribution in [3.63, 3.8) is 0 Å². The van der Waals surface area contributed by atoms with E-state index in [1.807, 2.05) is 13.0 Å². The third-order valence-electron chi connectivity index (χ3n) is 4.47. The predicted molar refractivity (Wildman–Crippen MR) is 107 cm³/mol. The Morgan fingerprint density at radius 3 is 2.38 bits per heavy atom. The van der Waals surface area contributed by atoms with E-state index in [0.29, 0.717) is 42.0 Å². The van der Waals surface area contributed by atoms with Crippen LogP contribution in [0.5, 0.6) is 28.7 Å². The van der Waals surface area contributed by atoms with Crippen LogP contribution < -0.4 is 23.7 Å². The zero-order valence-corrected chi connectivity index (χ0v) is 16.9. The van der Waals surface area contributed by atoms with Crippen molar-refractivity contribution >= 4 is 12.0 Å². The van der Waals surface area contributed by atoms with Gasteiger partial charge in [-0.1, -0.05) is 0 Å². The summed E-state index contributed by atoms with van der Waals surface area (Å²) in [6.07, 6.45) is 3.01. The van der Waals surface area contributed by atoms with Gasteiger partial charge in [-0.25, -0.2) is 4.79 Å². The van der Waals surface area contributed by atoms with E-state index in [4.69, 9.17) is 28.4 Å². The Balaban J connectivity index is 1.68. The summed E-state index contributed by atoms with van der Waals surface area (Å²) in [6, 6.07) is 7.21. The number of methoxy groups -OCH3 is 3. The van der Waals surface area contributed by atoms with Crippen molar-refractivity contribution < 1.29 is 33.2 Å². The maximum atomic E-state index is 12.2. The summed E-state index contributed by atoms with van der Waals surface area (Å²) in [5.41, 5.74) is 2.52. The van der Waals surface area contributed by atoms with E-state index < -0.39 is 5.97 Å². The summed E-state index contributed by atoms with van der Waals surface area (Å²) in [4.78, 5) is 12.2. The minimum Gasteiger partial charge on any atom is -0.493 e. The van der Waals surface area contributed by atoms with Crippen LogP contribution in [0.15, 0.2) is 30.3 Å². The molecule has 0 saturated carbocycles. The molecule has 7 nitrogen and oxygen atoms in total. The van der Waals surface area contributed by atoms with Crippen molar-refractivity contribution in [1.82, 2.24) is 0 Å². The summed E-state index contributed by atoms with van der Waals surface area (Å²) in [6.45, 7) is 2.98. The Morgan fingerprint density at radius 1 is 0.966 bits per heavy atom. The van der Waals surface area contributed by atoms with E-state index in [1.165, 1.54) is 6.08 Å². The van der Waals surface area contributed by atoms with E-state index in [9.17, 15) is 4.79 Å². The molecule has 0 aliphatic carbocycles. The minimum absolute atomic E-state index is 0.125. The van der Waals surface area contributed by atoms with Crippen LogP contribution in [-0.2, 0) is 16.1 Å². The second-order valence-electron chi connectivity index (χ2n) is 6.32. The number of rotatable bonds is 7. The van der Waals surface area contributed by atoms with Crippen molar-refractivity contribution in [3.05, 3.63) is 47.0 Å². The molecule has 0 N–H and O–H groups in total. The molecular formula is C22H24O7. The first-order valence-electron chi connectivity index (χ1n) is 9.09. The van der Waals surface area contributed by atoms with Gasteiger partial charge in [-0.15, -0.1) is 0 Å². The number of aryl methyl sites for hydroxylation is 1. The van der Waals surface area contributed by atoms with Gasteiger partial charge in [0.25, 0.3) is 0 Å². The van der Waals surface area contributed by atoms with Gasteiger partial charge in [0.1, 0.15) is 19.8 Å². The summed E-state index contributed by atoms with van der Waals surface area (Å²) in [5.74, 6) is 2.46. The molecule has 29 heavy (non-hydrogen) atoms. The summed E-state index contributed by atoms with van der Waals surface area (Å²) < 4.78 is 32.4. The highest BCUT2D eigenvalue weighted by Crippen LogP contribution is 2.40. The fourth-order valence-corrected chi connectivity index (χ4v) is 2.93. The molecule has 0 atom stereocenters. The van der Waals surface area contributed by atoms with Gasteiger partial charge < -0.3 is 28.4 Å². The molecule has 2 aromatic rings. The third-order valence-corrected chi connectivity index (χ3v) is 4.47. The van der Waals surface area contributed by atoms with Crippen LogP contribution in [0.4, 0.5) is 0 Å². The van der Waals surface area contributed by atoms with Crippen LogP contribution in [0.1, 0.15) is 16.7 Å². The van der Waals surface area contributed by atoms with Crippen LogP contribution in [0.2, 0.25) is 0 Å². The third kappa shape index (κ3) is 4.74. The lowest BCUT2D eigenvalue weighted by Gasteiger charge is -2.20. The molecule has 0 aromatic heterocycles. The molecule has 3 rings (SSSR count). The smallest absolute Gasteiger partial charge is 0.331 e. The van der Waals surface area contributed by atoms with Crippen LogP contribution in [0.3, 0.4) is 0 Å². The molecule has 1 aliphatic rings. The number of benzene rings is 2. The second kappa shape index (κ2) is 9.23. The van der Waals surface area contributed by atoms with Gasteiger partial charge in [-0.3, -0.25) is 0 Å². The standard InChI is InChI=1S/C22H24O7/c1-14-9-17(24-2)18(25-3)12-16(14)13-29-21(23)6-5-15-10-19(26-4)22-20(11-15)27-7-8-28-22/h5-6,9-12H,7-8,13H2,1-4H3/b6-5+. The average molecular weight is 400 g/mol. The first-order chi connectivity index (χ1) is 14.0. The topological polar surface area (TPSA) is 72.5 Å². The van der Waals surface area contributed by atoms with Crippen molar-refractivity contribution in [1.29, 1.82) is 0 Å². The molecule has 2 aromatic carbocycles. The SMILES string of the molecule is COc1cc(C)c(COC(=O)/C=C/c2cc(OC)c3c(c2)OCCO3)cc1OC. The molecule has 0 unspecified atom stereocenters. The van der Waals surface area contributed by atoms with Crippen molar-refractivity contribution in [2.45, 2.75) is 13.5 Å². The monoisotopic (exact) mass is 400 g/mol. The number of carbonyl (C=O) groups is 1. The molecule has 0 bridgehead atoms. The van der Waals surface area contributed by atoms with E-state index >= 15 is 0 Å². The molecule has 0 radical (unpaired) electrons. The fourth-order valence-electron chi connectivity index (χ4n) is 2.93. The number of hydrogen-bond acceptors (Lipinski definition) is 7. The Bertz CT molecular complexity index is 901. The first kappa shape index (κ1) is 20.4. The number of fused-ring (bicyclic) bond motifs is 1. The number of ether oxygens (including phenoxy) is 6. The van der Waals surface area contributed by atoms with E-state index in [-0.39, 0.29) is 6.61 Å². The predicted octanol–water partition coefficient (Wildman–Crippen LogP) is 3.55. The van der Waals surface area contributed by atoms with Crippen LogP contribution in [0, 0.1) is 6.92 Å². The van der Waals surface area contributed by atoms with Crippen LogP contribution in [-0.4, -0.2) is 40.5 Å². The van der Waals surface area contributed by atoms with Gasteiger partial charge in [0.05, 0.1) is 21.3 Å². The molecule has 1 heterocycles. The molecule has 154 valence electrons. The summed E-state index contributed by atoms with van der Waals surface area (Å²) in [7, 11) is 4.70. The lowest BCUT2D eigenvalue weighted by Crippen LogP contribution is -2.16. The summed E-state index contributed by atoms with van der Waals surface area (Å²) in [5, 5.41) is 0. The van der Waals surface area contributed by atoms with Gasteiger partial charge in [0.15, 0.2) is 23.0 Å². The molecule has 0 fully saturated rings. The van der Waals surface area contributed by atoms with Crippen LogP contribution >= 0.6 is 0 Å². The van der Waals surface area contributed by atoms with Crippen molar-refractivity contribution in [3.8, 4) is 28.7 Å². The van der Waals surface area contributed by atoms with Gasteiger partial charge in [-0.2, -0.15) is 0 Å². The Hall–Kier alpha value is -3.35. The van der Waals surface area contributed by atoms with Gasteiger partial charge in [0.2, 0.25) is 5.75 Å². The van der Waals surface area contributed by atoms with E-state index in [0.717, 1.165) is 16.7 Å². The number of hydrogen-bond donors (Lipinski definition) is 0. The Kier molecular flexibility index (Phi) is 6.49. The largest absolute Gasteiger partial charge is 0.493 e. The van der Waals surface area contributed by atoms with E-state index in [1.54, 1.807) is 45.6 Å². The Labute approximate surface area is 169 Å². The van der Waals surface area contributed by atoms with Crippen LogP contribution in [0.25, 0.3) is 6.08 Å². The molecule has 0 spiro atoms. The summed E-state index contributed by atoms with van der Waals surface area (Å²) >= 11 is 0. The molecule has 1 aliphatic heterocycles. The minimum atomic E-state index is -0.465. The fraction of sp³-hybridized carbons (Fsp3) is 0.318. The average Bonchev–Trinajstić information content (AvgIpc) is 2.75. The van der Waals surface area contributed by atoms with E-state index in [2.05, 4.69) is 0 Å². The second-order valence-corrected chi connectivity index (χ2v) is 6.32. The first-order valence-corrected chi connectivity index (χ1v) is 9.09. The van der Waals surface area contributed by atoms with Crippen molar-refractivity contribution in [2.24, 2.45) is 0 Å². The number of carbonyl (C=O) groups excluding carboxylic acids is 1. The maximum Gasteiger partial charge on any atom is 0.331 e. The molecule has 7 heteroatoms. The van der Waals surface area contributed by atoms with Gasteiger partial charge >= 0.3 is 5.97 Å². The quantitative estimate of drug-likeness (QED) is 0.520. The molecule has 0 saturated heterocycles. The highest BCUT2D eigenvalue weighted by molar-refractivity contribution is 5.87. The lowest BCUT2D eigenvalue weighted by molar-refractivity contribution is -0.138. The molecular weight excluding hydrogens is 376 g/mol.